The van der Waals surface area contributed by atoms with Crippen molar-refractivity contribution in [3.05, 3.63) is 0 Å². The largest absolute Gasteiger partial charge is 0.376 e. The van der Waals surface area contributed by atoms with Gasteiger partial charge in [0.05, 0.1) is 6.10 Å². The van der Waals surface area contributed by atoms with Crippen molar-refractivity contribution >= 4 is 0 Å². The molecule has 2 unspecified atom stereocenters. The molecule has 1 aliphatic rings. The van der Waals surface area contributed by atoms with Crippen molar-refractivity contribution in [1.29, 1.82) is 0 Å². The van der Waals surface area contributed by atoms with Gasteiger partial charge in [0.15, 0.2) is 0 Å². The van der Waals surface area contributed by atoms with Crippen LogP contribution in [0.25, 0.3) is 0 Å². The molecule has 2 heteroatoms. The molecule has 0 aromatic rings. The average Bonchev–Trinajstić information content (AvgIpc) is 2.35. The summed E-state index contributed by atoms with van der Waals surface area (Å²) in [6, 6.07) is 0.507. The Morgan fingerprint density at radius 3 is 2.21 bits per heavy atom. The average molecular weight is 269 g/mol. The summed E-state index contributed by atoms with van der Waals surface area (Å²) in [7, 11) is 0. The number of rotatable bonds is 7. The molecule has 1 N–H and O–H groups in total. The van der Waals surface area contributed by atoms with Crippen LogP contribution in [0.4, 0.5) is 0 Å². The summed E-state index contributed by atoms with van der Waals surface area (Å²) in [5.74, 6) is 0.906. The first-order valence-electron chi connectivity index (χ1n) is 8.34. The Bertz CT molecular complexity index is 228. The Labute approximate surface area is 120 Å². The molecule has 0 amide bonds. The second-order valence-corrected chi connectivity index (χ2v) is 7.15. The lowest BCUT2D eigenvalue weighted by molar-refractivity contribution is -0.0411. The maximum Gasteiger partial charge on any atom is 0.0776 e. The number of ether oxygens (including phenoxy) is 1. The second-order valence-electron chi connectivity index (χ2n) is 7.15. The fourth-order valence-electron chi connectivity index (χ4n) is 3.51. The maximum absolute atomic E-state index is 6.10. The van der Waals surface area contributed by atoms with Crippen LogP contribution in [-0.4, -0.2) is 25.3 Å². The van der Waals surface area contributed by atoms with Crippen LogP contribution < -0.4 is 5.32 Å². The van der Waals surface area contributed by atoms with Gasteiger partial charge in [-0.1, -0.05) is 59.8 Å². The summed E-state index contributed by atoms with van der Waals surface area (Å²) in [4.78, 5) is 0. The number of nitrogens with one attached hydrogen (secondary N) is 1. The quantitative estimate of drug-likeness (QED) is 0.740. The van der Waals surface area contributed by atoms with Crippen LogP contribution in [-0.2, 0) is 4.74 Å². The van der Waals surface area contributed by atoms with Crippen LogP contribution in [0, 0.1) is 11.3 Å². The molecule has 0 aromatic heterocycles. The highest BCUT2D eigenvalue weighted by Gasteiger charge is 2.34. The molecular formula is C17H35NO. The molecule has 0 bridgehead atoms. The van der Waals surface area contributed by atoms with Gasteiger partial charge in [0.1, 0.15) is 0 Å². The monoisotopic (exact) mass is 269 g/mol. The summed E-state index contributed by atoms with van der Waals surface area (Å²) >= 11 is 0. The van der Waals surface area contributed by atoms with Crippen LogP contribution in [0.15, 0.2) is 0 Å². The zero-order valence-electron chi connectivity index (χ0n) is 13.8. The Hall–Kier alpha value is -0.0800. The van der Waals surface area contributed by atoms with Crippen LogP contribution in [0.5, 0.6) is 0 Å². The van der Waals surface area contributed by atoms with Crippen LogP contribution in [0.1, 0.15) is 73.1 Å². The highest BCUT2D eigenvalue weighted by molar-refractivity contribution is 4.88. The number of likely N-dealkylation sites (N-methyl/N-ethyl adjacent to an activating group) is 1. The minimum atomic E-state index is 0.206. The maximum atomic E-state index is 6.10. The highest BCUT2D eigenvalue weighted by atomic mass is 16.5. The molecule has 2 nitrogen and oxygen atoms in total. The minimum absolute atomic E-state index is 0.206. The summed E-state index contributed by atoms with van der Waals surface area (Å²) in [6.45, 7) is 13.1. The molecule has 0 spiro atoms. The van der Waals surface area contributed by atoms with E-state index in [-0.39, 0.29) is 5.41 Å². The van der Waals surface area contributed by atoms with E-state index in [9.17, 15) is 0 Å². The molecule has 0 saturated heterocycles. The molecule has 1 rings (SSSR count). The summed E-state index contributed by atoms with van der Waals surface area (Å²) in [5, 5.41) is 3.70. The van der Waals surface area contributed by atoms with Gasteiger partial charge in [-0.05, 0) is 31.2 Å². The second kappa shape index (κ2) is 8.26. The SMILES string of the molecule is CCNC(CC1CCCCC1)C(OCC)C(C)(C)C. The zero-order valence-corrected chi connectivity index (χ0v) is 13.8. The van der Waals surface area contributed by atoms with Crippen molar-refractivity contribution in [1.82, 2.24) is 5.32 Å². The van der Waals surface area contributed by atoms with Crippen molar-refractivity contribution in [2.75, 3.05) is 13.2 Å². The van der Waals surface area contributed by atoms with Crippen LogP contribution in [0.2, 0.25) is 0 Å². The van der Waals surface area contributed by atoms with Gasteiger partial charge in [0, 0.05) is 12.6 Å². The van der Waals surface area contributed by atoms with Gasteiger partial charge in [-0.25, -0.2) is 0 Å². The molecule has 0 aromatic carbocycles. The fourth-order valence-corrected chi connectivity index (χ4v) is 3.51. The van der Waals surface area contributed by atoms with Gasteiger partial charge in [-0.2, -0.15) is 0 Å². The molecule has 19 heavy (non-hydrogen) atoms. The predicted octanol–water partition coefficient (Wildman–Crippen LogP) is 4.39. The van der Waals surface area contributed by atoms with E-state index in [1.54, 1.807) is 0 Å². The van der Waals surface area contributed by atoms with Gasteiger partial charge >= 0.3 is 0 Å². The van der Waals surface area contributed by atoms with Gasteiger partial charge in [0.2, 0.25) is 0 Å². The molecule has 114 valence electrons. The van der Waals surface area contributed by atoms with E-state index in [2.05, 4.69) is 39.9 Å². The van der Waals surface area contributed by atoms with E-state index in [0.717, 1.165) is 19.1 Å². The predicted molar refractivity (Wildman–Crippen MR) is 83.5 cm³/mol. The van der Waals surface area contributed by atoms with E-state index < -0.39 is 0 Å². The van der Waals surface area contributed by atoms with E-state index in [1.165, 1.54) is 38.5 Å². The molecule has 1 aliphatic carbocycles. The minimum Gasteiger partial charge on any atom is -0.376 e. The first-order chi connectivity index (χ1) is 8.99. The molecule has 0 heterocycles. The fraction of sp³-hybridized carbons (Fsp3) is 1.00. The Kier molecular flexibility index (Phi) is 7.38. The number of hydrogen-bond acceptors (Lipinski definition) is 2. The normalized spacial score (nSPS) is 21.3. The summed E-state index contributed by atoms with van der Waals surface area (Å²) < 4.78 is 6.10. The smallest absolute Gasteiger partial charge is 0.0776 e. The molecule has 1 saturated carbocycles. The van der Waals surface area contributed by atoms with Crippen molar-refractivity contribution in [3.8, 4) is 0 Å². The Balaban J connectivity index is 2.65. The first-order valence-corrected chi connectivity index (χ1v) is 8.34. The van der Waals surface area contributed by atoms with E-state index in [0.29, 0.717) is 12.1 Å². The first kappa shape index (κ1) is 17.0. The van der Waals surface area contributed by atoms with Crippen molar-refractivity contribution in [2.45, 2.75) is 85.3 Å². The topological polar surface area (TPSA) is 21.3 Å². The molecule has 1 fully saturated rings. The van der Waals surface area contributed by atoms with Gasteiger partial charge in [0.25, 0.3) is 0 Å². The molecule has 0 radical (unpaired) electrons. The lowest BCUT2D eigenvalue weighted by Gasteiger charge is -2.39. The molecule has 2 atom stereocenters. The zero-order chi connectivity index (χ0) is 14.3. The number of hydrogen-bond donors (Lipinski definition) is 1. The van der Waals surface area contributed by atoms with Crippen molar-refractivity contribution < 1.29 is 4.74 Å². The van der Waals surface area contributed by atoms with Crippen LogP contribution in [0.3, 0.4) is 0 Å². The van der Waals surface area contributed by atoms with Crippen LogP contribution >= 0.6 is 0 Å². The third-order valence-corrected chi connectivity index (χ3v) is 4.34. The lowest BCUT2D eigenvalue weighted by Crippen LogP contribution is -2.49. The van der Waals surface area contributed by atoms with Crippen molar-refractivity contribution in [2.24, 2.45) is 11.3 Å². The van der Waals surface area contributed by atoms with E-state index >= 15 is 0 Å². The summed E-state index contributed by atoms with van der Waals surface area (Å²) in [5.41, 5.74) is 0.206. The molecular weight excluding hydrogens is 234 g/mol. The molecule has 0 aliphatic heterocycles. The van der Waals surface area contributed by atoms with E-state index in [1.807, 2.05) is 0 Å². The van der Waals surface area contributed by atoms with E-state index in [4.69, 9.17) is 4.74 Å². The van der Waals surface area contributed by atoms with Gasteiger partial charge < -0.3 is 10.1 Å². The Morgan fingerprint density at radius 2 is 1.74 bits per heavy atom. The third-order valence-electron chi connectivity index (χ3n) is 4.34. The van der Waals surface area contributed by atoms with Crippen molar-refractivity contribution in [3.63, 3.8) is 0 Å². The lowest BCUT2D eigenvalue weighted by atomic mass is 9.78. The third kappa shape index (κ3) is 5.83. The standard InChI is InChI=1S/C17H35NO/c1-6-18-15(13-14-11-9-8-10-12-14)16(19-7-2)17(3,4)5/h14-16,18H,6-13H2,1-5H3. The van der Waals surface area contributed by atoms with Gasteiger partial charge in [-0.3, -0.25) is 0 Å². The highest BCUT2D eigenvalue weighted by Crippen LogP contribution is 2.32. The van der Waals surface area contributed by atoms with Gasteiger partial charge in [-0.15, -0.1) is 0 Å². The summed E-state index contributed by atoms with van der Waals surface area (Å²) in [6.07, 6.45) is 8.75. The Morgan fingerprint density at radius 1 is 1.11 bits per heavy atom.